The van der Waals surface area contributed by atoms with Gasteiger partial charge in [0.1, 0.15) is 0 Å². The highest BCUT2D eigenvalue weighted by atomic mass is 35.5. The average Bonchev–Trinajstić information content (AvgIpc) is 2.14. The molecule has 0 bridgehead atoms. The molecule has 1 aromatic carbocycles. The maximum absolute atomic E-state index is 9.45. The summed E-state index contributed by atoms with van der Waals surface area (Å²) in [6, 6.07) is 3.23. The molecule has 0 atom stereocenters. The van der Waals surface area contributed by atoms with Crippen molar-refractivity contribution in [3.63, 3.8) is 0 Å². The molecule has 1 aromatic rings. The van der Waals surface area contributed by atoms with E-state index in [0.717, 1.165) is 0 Å². The van der Waals surface area contributed by atoms with Crippen LogP contribution in [0, 0.1) is 0 Å². The lowest BCUT2D eigenvalue weighted by atomic mass is 10.2. The fraction of sp³-hybridized carbons (Fsp3) is 0.125. The van der Waals surface area contributed by atoms with Crippen molar-refractivity contribution in [3.8, 4) is 11.5 Å². The van der Waals surface area contributed by atoms with E-state index in [1.54, 1.807) is 12.1 Å². The lowest BCUT2D eigenvalue weighted by Gasteiger charge is -2.05. The summed E-state index contributed by atoms with van der Waals surface area (Å²) in [5.74, 6) is 5.16. The smallest absolute Gasteiger partial charge is 0.177 e. The van der Waals surface area contributed by atoms with Crippen molar-refractivity contribution in [1.82, 2.24) is 0 Å². The Morgan fingerprint density at radius 3 is 2.85 bits per heavy atom. The molecule has 5 heteroatoms. The molecule has 4 nitrogen and oxygen atoms in total. The van der Waals surface area contributed by atoms with Gasteiger partial charge in [-0.25, -0.2) is 0 Å². The minimum Gasteiger partial charge on any atom is -0.503 e. The first-order valence-electron chi connectivity index (χ1n) is 3.49. The van der Waals surface area contributed by atoms with Crippen molar-refractivity contribution in [2.75, 3.05) is 7.11 Å². The molecule has 70 valence electrons. The molecule has 3 N–H and O–H groups in total. The van der Waals surface area contributed by atoms with Crippen molar-refractivity contribution < 1.29 is 9.84 Å². The Balaban J connectivity index is 3.22. The van der Waals surface area contributed by atoms with E-state index in [2.05, 4.69) is 5.10 Å². The van der Waals surface area contributed by atoms with Gasteiger partial charge in [0.2, 0.25) is 0 Å². The molecule has 0 saturated heterocycles. The van der Waals surface area contributed by atoms with E-state index in [9.17, 15) is 5.11 Å². The summed E-state index contributed by atoms with van der Waals surface area (Å²) in [7, 11) is 1.45. The lowest BCUT2D eigenvalue weighted by Crippen LogP contribution is -1.90. The fourth-order valence-corrected chi connectivity index (χ4v) is 1.11. The van der Waals surface area contributed by atoms with Crippen LogP contribution >= 0.6 is 11.6 Å². The maximum atomic E-state index is 9.45. The number of rotatable bonds is 2. The number of benzene rings is 1. The standard InChI is InChI=1S/C8H9ClN2O2/c1-13-6-3-2-5(4-11-10)7(9)8(6)12/h2-4,12H,10H2,1H3. The van der Waals surface area contributed by atoms with Gasteiger partial charge in [-0.15, -0.1) is 0 Å². The molecule has 0 aliphatic carbocycles. The average molecular weight is 201 g/mol. The van der Waals surface area contributed by atoms with E-state index in [0.29, 0.717) is 11.3 Å². The number of hydrazone groups is 1. The van der Waals surface area contributed by atoms with E-state index in [-0.39, 0.29) is 10.8 Å². The number of aromatic hydroxyl groups is 1. The van der Waals surface area contributed by atoms with E-state index >= 15 is 0 Å². The first-order valence-corrected chi connectivity index (χ1v) is 3.87. The van der Waals surface area contributed by atoms with Crippen molar-refractivity contribution >= 4 is 17.8 Å². The van der Waals surface area contributed by atoms with Crippen LogP contribution in [-0.4, -0.2) is 18.4 Å². The summed E-state index contributed by atoms with van der Waals surface area (Å²) in [5.41, 5.74) is 0.544. The van der Waals surface area contributed by atoms with Gasteiger partial charge in [0.05, 0.1) is 18.3 Å². The number of nitrogens with two attached hydrogens (primary N) is 1. The first-order chi connectivity index (χ1) is 6.20. The third-order valence-corrected chi connectivity index (χ3v) is 1.94. The van der Waals surface area contributed by atoms with Crippen LogP contribution in [0.1, 0.15) is 5.56 Å². The van der Waals surface area contributed by atoms with E-state index in [4.69, 9.17) is 22.2 Å². The quantitative estimate of drug-likeness (QED) is 0.430. The topological polar surface area (TPSA) is 67.8 Å². The Labute approximate surface area is 80.6 Å². The van der Waals surface area contributed by atoms with E-state index in [1.807, 2.05) is 0 Å². The lowest BCUT2D eigenvalue weighted by molar-refractivity contribution is 0.373. The second-order valence-electron chi connectivity index (χ2n) is 2.30. The van der Waals surface area contributed by atoms with Gasteiger partial charge in [0.25, 0.3) is 0 Å². The number of phenols is 1. The van der Waals surface area contributed by atoms with Gasteiger partial charge in [-0.2, -0.15) is 5.10 Å². The summed E-state index contributed by atoms with van der Waals surface area (Å²) in [4.78, 5) is 0. The van der Waals surface area contributed by atoms with Gasteiger partial charge in [-0.3, -0.25) is 0 Å². The highest BCUT2D eigenvalue weighted by Gasteiger charge is 2.09. The number of hydrogen-bond acceptors (Lipinski definition) is 4. The van der Waals surface area contributed by atoms with Crippen molar-refractivity contribution in [1.29, 1.82) is 0 Å². The summed E-state index contributed by atoms with van der Waals surface area (Å²) >= 11 is 5.78. The second kappa shape index (κ2) is 4.00. The zero-order valence-corrected chi connectivity index (χ0v) is 7.75. The Bertz CT molecular complexity index is 339. The molecule has 0 saturated carbocycles. The number of hydrogen-bond donors (Lipinski definition) is 2. The number of phenolic OH excluding ortho intramolecular Hbond substituents is 1. The number of halogens is 1. The van der Waals surface area contributed by atoms with Crippen molar-refractivity contribution in [2.45, 2.75) is 0 Å². The molecule has 0 fully saturated rings. The third kappa shape index (κ3) is 1.84. The number of nitrogens with zero attached hydrogens (tertiary/aromatic N) is 1. The van der Waals surface area contributed by atoms with Gasteiger partial charge < -0.3 is 15.7 Å². The normalized spacial score (nSPS) is 10.6. The zero-order chi connectivity index (χ0) is 9.84. The molecule has 0 aromatic heterocycles. The monoisotopic (exact) mass is 200 g/mol. The molecular weight excluding hydrogens is 192 g/mol. The van der Waals surface area contributed by atoms with Gasteiger partial charge >= 0.3 is 0 Å². The zero-order valence-electron chi connectivity index (χ0n) is 6.99. The van der Waals surface area contributed by atoms with Gasteiger partial charge in [0.15, 0.2) is 11.5 Å². The summed E-state index contributed by atoms with van der Waals surface area (Å²) in [6.45, 7) is 0. The SMILES string of the molecule is COc1ccc(C=NN)c(Cl)c1O. The van der Waals surface area contributed by atoms with Crippen molar-refractivity contribution in [2.24, 2.45) is 10.9 Å². The Kier molecular flexibility index (Phi) is 2.97. The molecule has 0 amide bonds. The minimum atomic E-state index is -0.110. The number of ether oxygens (including phenoxy) is 1. The molecule has 0 radical (unpaired) electrons. The predicted molar refractivity (Wildman–Crippen MR) is 51.5 cm³/mol. The molecule has 0 aliphatic rings. The van der Waals surface area contributed by atoms with Gasteiger partial charge in [-0.1, -0.05) is 11.6 Å². The highest BCUT2D eigenvalue weighted by molar-refractivity contribution is 6.34. The van der Waals surface area contributed by atoms with Crippen LogP contribution in [0.15, 0.2) is 17.2 Å². The van der Waals surface area contributed by atoms with Crippen LogP contribution in [0.2, 0.25) is 5.02 Å². The Morgan fingerprint density at radius 2 is 2.31 bits per heavy atom. The Morgan fingerprint density at radius 1 is 1.62 bits per heavy atom. The van der Waals surface area contributed by atoms with E-state index in [1.165, 1.54) is 13.3 Å². The molecule has 0 heterocycles. The maximum Gasteiger partial charge on any atom is 0.177 e. The van der Waals surface area contributed by atoms with Gasteiger partial charge in [-0.05, 0) is 12.1 Å². The van der Waals surface area contributed by atoms with Crippen LogP contribution in [-0.2, 0) is 0 Å². The summed E-state index contributed by atoms with van der Waals surface area (Å²) < 4.78 is 4.85. The molecule has 0 spiro atoms. The largest absolute Gasteiger partial charge is 0.503 e. The predicted octanol–water partition coefficient (Wildman–Crippen LogP) is 1.35. The molecule has 13 heavy (non-hydrogen) atoms. The second-order valence-corrected chi connectivity index (χ2v) is 2.68. The van der Waals surface area contributed by atoms with Crippen LogP contribution < -0.4 is 10.6 Å². The fourth-order valence-electron chi connectivity index (χ4n) is 0.907. The molecule has 0 unspecified atom stereocenters. The van der Waals surface area contributed by atoms with Crippen LogP contribution in [0.3, 0.4) is 0 Å². The van der Waals surface area contributed by atoms with Crippen molar-refractivity contribution in [3.05, 3.63) is 22.7 Å². The number of methoxy groups -OCH3 is 1. The third-order valence-electron chi connectivity index (χ3n) is 1.54. The van der Waals surface area contributed by atoms with Crippen LogP contribution in [0.25, 0.3) is 0 Å². The minimum absolute atomic E-state index is 0.110. The first kappa shape index (κ1) is 9.67. The van der Waals surface area contributed by atoms with E-state index < -0.39 is 0 Å². The van der Waals surface area contributed by atoms with Crippen LogP contribution in [0.4, 0.5) is 0 Å². The highest BCUT2D eigenvalue weighted by Crippen LogP contribution is 2.35. The Hall–Kier alpha value is -1.42. The summed E-state index contributed by atoms with van der Waals surface area (Å²) in [6.07, 6.45) is 1.35. The van der Waals surface area contributed by atoms with Gasteiger partial charge in [0, 0.05) is 5.56 Å². The molecular formula is C8H9ClN2O2. The molecule has 1 rings (SSSR count). The van der Waals surface area contributed by atoms with Crippen LogP contribution in [0.5, 0.6) is 11.5 Å². The molecule has 0 aliphatic heterocycles. The summed E-state index contributed by atoms with van der Waals surface area (Å²) in [5, 5.41) is 12.9.